The number of aromatic carboxylic acids is 1. The van der Waals surface area contributed by atoms with Crippen molar-refractivity contribution in [2.24, 2.45) is 0 Å². The summed E-state index contributed by atoms with van der Waals surface area (Å²) in [6.45, 7) is 6.22. The number of amides is 1. The fourth-order valence-corrected chi connectivity index (χ4v) is 7.13. The predicted octanol–water partition coefficient (Wildman–Crippen LogP) is 6.39. The predicted molar refractivity (Wildman–Crippen MR) is 141 cm³/mol. The zero-order valence-corrected chi connectivity index (χ0v) is 20.9. The zero-order chi connectivity index (χ0) is 24.7. The molecular weight excluding hydrogens is 450 g/mol. The first-order valence-electron chi connectivity index (χ1n) is 13.3. The molecule has 1 N–H and O–H groups in total. The van der Waals surface area contributed by atoms with Crippen LogP contribution in [0.15, 0.2) is 36.4 Å². The molecular formula is C30H31N3O3. The highest BCUT2D eigenvalue weighted by Crippen LogP contribution is 2.48. The van der Waals surface area contributed by atoms with Crippen LogP contribution in [0.2, 0.25) is 0 Å². The third kappa shape index (κ3) is 2.84. The first kappa shape index (κ1) is 21.7. The van der Waals surface area contributed by atoms with Gasteiger partial charge in [0.05, 0.1) is 16.8 Å². The summed E-state index contributed by atoms with van der Waals surface area (Å²) in [5, 5.41) is 12.1. The van der Waals surface area contributed by atoms with E-state index >= 15 is 0 Å². The number of aromatic nitrogens is 2. The first-order valence-corrected chi connectivity index (χ1v) is 13.3. The largest absolute Gasteiger partial charge is 0.478 e. The molecule has 1 aliphatic carbocycles. The number of rotatable bonds is 3. The molecule has 0 atom stereocenters. The Morgan fingerprint density at radius 3 is 2.50 bits per heavy atom. The van der Waals surface area contributed by atoms with E-state index in [0.29, 0.717) is 31.1 Å². The lowest BCUT2D eigenvalue weighted by atomic mass is 9.81. The Labute approximate surface area is 210 Å². The summed E-state index contributed by atoms with van der Waals surface area (Å²) in [7, 11) is 0. The number of carboxylic acids is 1. The van der Waals surface area contributed by atoms with E-state index in [-0.39, 0.29) is 11.9 Å². The zero-order valence-electron chi connectivity index (χ0n) is 20.9. The van der Waals surface area contributed by atoms with E-state index < -0.39 is 5.97 Å². The van der Waals surface area contributed by atoms with Gasteiger partial charge in [-0.05, 0) is 50.3 Å². The average molecular weight is 482 g/mol. The van der Waals surface area contributed by atoms with Gasteiger partial charge < -0.3 is 19.1 Å². The maximum absolute atomic E-state index is 13.5. The number of benzene rings is 2. The topological polar surface area (TPSA) is 67.5 Å². The number of carboxylic acid groups (broad SMARTS) is 1. The van der Waals surface area contributed by atoms with Gasteiger partial charge >= 0.3 is 5.97 Å². The minimum atomic E-state index is -0.897. The number of fused-ring (bicyclic) bond motifs is 7. The molecule has 0 bridgehead atoms. The molecule has 2 aromatic heterocycles. The van der Waals surface area contributed by atoms with Crippen LogP contribution >= 0.6 is 0 Å². The van der Waals surface area contributed by atoms with Gasteiger partial charge in [0.1, 0.15) is 5.69 Å². The number of nitrogens with zero attached hydrogens (tertiary/aromatic N) is 3. The van der Waals surface area contributed by atoms with Gasteiger partial charge in [-0.15, -0.1) is 0 Å². The molecule has 6 heteroatoms. The smallest absolute Gasteiger partial charge is 0.335 e. The van der Waals surface area contributed by atoms with Gasteiger partial charge in [0.25, 0.3) is 5.91 Å². The van der Waals surface area contributed by atoms with Gasteiger partial charge in [-0.25, -0.2) is 4.79 Å². The number of aryl methyl sites for hydroxylation is 2. The molecule has 3 aliphatic rings. The Balaban J connectivity index is 1.54. The molecule has 2 aliphatic heterocycles. The summed E-state index contributed by atoms with van der Waals surface area (Å²) in [5.74, 6) is -0.306. The molecule has 1 amide bonds. The van der Waals surface area contributed by atoms with Crippen molar-refractivity contribution in [3.05, 3.63) is 58.8 Å². The van der Waals surface area contributed by atoms with Gasteiger partial charge in [0.2, 0.25) is 0 Å². The molecule has 0 spiro atoms. The van der Waals surface area contributed by atoms with E-state index in [9.17, 15) is 14.7 Å². The van der Waals surface area contributed by atoms with E-state index in [2.05, 4.69) is 41.2 Å². The summed E-state index contributed by atoms with van der Waals surface area (Å²) in [6.07, 6.45) is 6.09. The highest BCUT2D eigenvalue weighted by atomic mass is 16.4. The number of carbonyl (C=O) groups is 2. The third-order valence-corrected chi connectivity index (χ3v) is 8.77. The van der Waals surface area contributed by atoms with Gasteiger partial charge in [-0.2, -0.15) is 0 Å². The number of hydrogen-bond donors (Lipinski definition) is 1. The molecule has 2 aromatic carbocycles. The van der Waals surface area contributed by atoms with Crippen LogP contribution in [0.4, 0.5) is 0 Å². The van der Waals surface area contributed by atoms with Gasteiger partial charge in [-0.1, -0.05) is 43.5 Å². The third-order valence-electron chi connectivity index (χ3n) is 8.77. The Hall–Kier alpha value is -3.54. The van der Waals surface area contributed by atoms with Crippen LogP contribution in [-0.4, -0.2) is 37.1 Å². The maximum Gasteiger partial charge on any atom is 0.335 e. The molecule has 0 unspecified atom stereocenters. The molecule has 4 aromatic rings. The normalized spacial score (nSPS) is 17.8. The molecule has 6 nitrogen and oxygen atoms in total. The second-order valence-corrected chi connectivity index (χ2v) is 11.0. The number of para-hydroxylation sites is 1. The Kier molecular flexibility index (Phi) is 4.66. The van der Waals surface area contributed by atoms with Crippen LogP contribution in [0, 0.1) is 0 Å². The van der Waals surface area contributed by atoms with Crippen LogP contribution in [0.25, 0.3) is 33.1 Å². The van der Waals surface area contributed by atoms with Crippen molar-refractivity contribution in [2.45, 2.75) is 77.5 Å². The molecule has 0 saturated heterocycles. The molecule has 4 heterocycles. The van der Waals surface area contributed by atoms with Gasteiger partial charge in [0.15, 0.2) is 0 Å². The van der Waals surface area contributed by atoms with Crippen LogP contribution in [0.3, 0.4) is 0 Å². The summed E-state index contributed by atoms with van der Waals surface area (Å²) in [6, 6.07) is 12.3. The van der Waals surface area contributed by atoms with Crippen LogP contribution < -0.4 is 0 Å². The highest BCUT2D eigenvalue weighted by molar-refractivity contribution is 6.09. The Morgan fingerprint density at radius 2 is 1.75 bits per heavy atom. The van der Waals surface area contributed by atoms with Crippen LogP contribution in [-0.2, 0) is 19.6 Å². The van der Waals surface area contributed by atoms with E-state index in [1.807, 2.05) is 17.0 Å². The quantitative estimate of drug-likeness (QED) is 0.369. The van der Waals surface area contributed by atoms with E-state index in [4.69, 9.17) is 0 Å². The Bertz CT molecular complexity index is 1580. The molecule has 184 valence electrons. The molecule has 36 heavy (non-hydrogen) atoms. The molecule has 1 fully saturated rings. The Morgan fingerprint density at radius 1 is 0.972 bits per heavy atom. The van der Waals surface area contributed by atoms with Crippen molar-refractivity contribution in [3.8, 4) is 11.3 Å². The van der Waals surface area contributed by atoms with E-state index in [1.165, 1.54) is 59.7 Å². The van der Waals surface area contributed by atoms with Gasteiger partial charge in [-0.3, -0.25) is 4.79 Å². The summed E-state index contributed by atoms with van der Waals surface area (Å²) >= 11 is 0. The van der Waals surface area contributed by atoms with Crippen molar-refractivity contribution in [1.29, 1.82) is 0 Å². The van der Waals surface area contributed by atoms with Gasteiger partial charge in [0, 0.05) is 53.1 Å². The lowest BCUT2D eigenvalue weighted by Crippen LogP contribution is -2.32. The van der Waals surface area contributed by atoms with E-state index in [0.717, 1.165) is 22.3 Å². The second kappa shape index (κ2) is 7.73. The van der Waals surface area contributed by atoms with Crippen molar-refractivity contribution >= 4 is 33.7 Å². The minimum Gasteiger partial charge on any atom is -0.478 e. The standard InChI is InChI=1S/C30H31N3O3/c1-17(2)33-16-23-20-9-6-10-22-26(20)32(28(23)29(33)34)14-13-31-24-15-19(30(35)36)11-12-21(24)25(27(22)31)18-7-4-3-5-8-18/h6,9-12,15,17-18H,3-5,7-8,13-14,16H2,1-2H3,(H,35,36). The molecule has 7 rings (SSSR count). The summed E-state index contributed by atoms with van der Waals surface area (Å²) in [5.41, 5.74) is 8.26. The monoisotopic (exact) mass is 481 g/mol. The fourth-order valence-electron chi connectivity index (χ4n) is 7.13. The number of hydrogen-bond acceptors (Lipinski definition) is 2. The second-order valence-electron chi connectivity index (χ2n) is 11.0. The van der Waals surface area contributed by atoms with Crippen molar-refractivity contribution in [3.63, 3.8) is 0 Å². The average Bonchev–Trinajstić information content (AvgIpc) is 3.46. The van der Waals surface area contributed by atoms with Crippen molar-refractivity contribution < 1.29 is 14.7 Å². The van der Waals surface area contributed by atoms with Crippen molar-refractivity contribution in [1.82, 2.24) is 14.0 Å². The van der Waals surface area contributed by atoms with Crippen LogP contribution in [0.5, 0.6) is 0 Å². The lowest BCUT2D eigenvalue weighted by molar-refractivity contribution is 0.0694. The summed E-state index contributed by atoms with van der Waals surface area (Å²) in [4.78, 5) is 27.4. The van der Waals surface area contributed by atoms with Crippen LogP contribution in [0.1, 0.15) is 83.8 Å². The fraction of sp³-hybridized carbons (Fsp3) is 0.400. The minimum absolute atomic E-state index is 0.124. The summed E-state index contributed by atoms with van der Waals surface area (Å²) < 4.78 is 4.61. The van der Waals surface area contributed by atoms with Crippen molar-refractivity contribution in [2.75, 3.05) is 0 Å². The molecule has 0 radical (unpaired) electrons. The number of carbonyl (C=O) groups excluding carboxylic acids is 1. The maximum atomic E-state index is 13.5. The molecule has 1 saturated carbocycles. The lowest BCUT2D eigenvalue weighted by Gasteiger charge is -2.24. The SMILES string of the molecule is CC(C)N1Cc2c(n3c4c(cccc24)-c2c(C4CCCCC4)c4ccc(C(=O)O)cc4n2CC3)C1=O. The first-order chi connectivity index (χ1) is 17.5. The highest BCUT2D eigenvalue weighted by Gasteiger charge is 2.38. The van der Waals surface area contributed by atoms with E-state index in [1.54, 1.807) is 6.07 Å².